The normalized spacial score (nSPS) is 17.0. The molecule has 3 rings (SSSR count). The molecule has 0 spiro atoms. The molecular formula is C18H23P3. The second kappa shape index (κ2) is 6.87. The van der Waals surface area contributed by atoms with Crippen LogP contribution in [-0.2, 0) is 25.2 Å². The fourth-order valence-electron chi connectivity index (χ4n) is 3.22. The van der Waals surface area contributed by atoms with Crippen LogP contribution in [0.25, 0.3) is 11.1 Å². The van der Waals surface area contributed by atoms with Crippen molar-refractivity contribution >= 4 is 27.7 Å². The Bertz CT molecular complexity index is 627. The third-order valence-corrected chi connectivity index (χ3v) is 6.02. The van der Waals surface area contributed by atoms with E-state index in [1.807, 2.05) is 0 Å². The number of benzene rings is 2. The molecule has 0 fully saturated rings. The molecule has 0 saturated heterocycles. The predicted octanol–water partition coefficient (Wildman–Crippen LogP) is 4.69. The summed E-state index contributed by atoms with van der Waals surface area (Å²) in [5.41, 5.74) is 8.66. The van der Waals surface area contributed by atoms with E-state index < -0.39 is 0 Å². The van der Waals surface area contributed by atoms with Crippen molar-refractivity contribution in [3.63, 3.8) is 0 Å². The van der Waals surface area contributed by atoms with E-state index in [0.29, 0.717) is 0 Å². The first-order valence-corrected chi connectivity index (χ1v) is 10.0. The molecule has 0 aromatic heterocycles. The lowest BCUT2D eigenvalue weighted by atomic mass is 9.97. The molecule has 0 heterocycles. The van der Waals surface area contributed by atoms with Gasteiger partial charge < -0.3 is 0 Å². The maximum absolute atomic E-state index is 2.90. The van der Waals surface area contributed by atoms with Crippen molar-refractivity contribution in [1.29, 1.82) is 0 Å². The van der Waals surface area contributed by atoms with Gasteiger partial charge in [-0.15, -0.1) is 27.7 Å². The summed E-state index contributed by atoms with van der Waals surface area (Å²) in [4.78, 5) is 0. The van der Waals surface area contributed by atoms with Crippen molar-refractivity contribution in [2.75, 3.05) is 6.16 Å². The van der Waals surface area contributed by atoms with E-state index in [4.69, 9.17) is 0 Å². The lowest BCUT2D eigenvalue weighted by molar-refractivity contribution is 0.639. The van der Waals surface area contributed by atoms with Gasteiger partial charge in [0.05, 0.1) is 0 Å². The van der Waals surface area contributed by atoms with Gasteiger partial charge in [-0.2, -0.15) is 0 Å². The van der Waals surface area contributed by atoms with Crippen LogP contribution in [0.2, 0.25) is 0 Å². The Labute approximate surface area is 135 Å². The van der Waals surface area contributed by atoms with Crippen molar-refractivity contribution in [2.24, 2.45) is 5.92 Å². The first-order valence-electron chi connectivity index (χ1n) is 7.58. The summed E-state index contributed by atoms with van der Waals surface area (Å²) in [7, 11) is 8.57. The molecule has 3 heteroatoms. The molecule has 4 atom stereocenters. The highest BCUT2D eigenvalue weighted by molar-refractivity contribution is 7.16. The van der Waals surface area contributed by atoms with Crippen LogP contribution in [0.15, 0.2) is 36.4 Å². The summed E-state index contributed by atoms with van der Waals surface area (Å²) < 4.78 is 0. The van der Waals surface area contributed by atoms with Gasteiger partial charge in [0.15, 0.2) is 0 Å². The summed E-state index contributed by atoms with van der Waals surface area (Å²) in [5, 5.41) is 0. The Morgan fingerprint density at radius 1 is 0.762 bits per heavy atom. The van der Waals surface area contributed by atoms with Crippen molar-refractivity contribution in [3.8, 4) is 11.1 Å². The molecule has 0 radical (unpaired) electrons. The largest absolute Gasteiger partial charge is 0.137 e. The topological polar surface area (TPSA) is 0 Å². The highest BCUT2D eigenvalue weighted by Gasteiger charge is 2.20. The quantitative estimate of drug-likeness (QED) is 0.712. The van der Waals surface area contributed by atoms with Crippen molar-refractivity contribution in [2.45, 2.75) is 25.2 Å². The zero-order valence-electron chi connectivity index (χ0n) is 12.3. The Kier molecular flexibility index (Phi) is 5.11. The number of rotatable bonds is 4. The third kappa shape index (κ3) is 3.40. The maximum Gasteiger partial charge on any atom is -0.0128 e. The second-order valence-corrected chi connectivity index (χ2v) is 7.23. The van der Waals surface area contributed by atoms with E-state index in [-0.39, 0.29) is 0 Å². The monoisotopic (exact) mass is 332 g/mol. The summed E-state index contributed by atoms with van der Waals surface area (Å²) >= 11 is 0. The first kappa shape index (κ1) is 15.6. The average Bonchev–Trinajstić information content (AvgIpc) is 2.96. The first-order chi connectivity index (χ1) is 10.2. The molecule has 0 N–H and O–H groups in total. The van der Waals surface area contributed by atoms with Crippen LogP contribution in [0.3, 0.4) is 0 Å². The second-order valence-electron chi connectivity index (χ2n) is 5.94. The SMILES string of the molecule is PCc1cc(CP)cc(-c2ccc3c(c2)CC(CP)C3)c1. The summed E-state index contributed by atoms with van der Waals surface area (Å²) in [6, 6.07) is 14.0. The standard InChI is InChI=1S/C18H23P3/c19-9-12-3-13(10-20)6-17(5-12)16-2-1-15-4-14(11-21)7-18(15)8-16/h1-3,5-6,8,14H,4,7,9-11,19-21H2. The molecule has 0 saturated carbocycles. The van der Waals surface area contributed by atoms with Crippen molar-refractivity contribution in [3.05, 3.63) is 58.7 Å². The number of hydrogen-bond acceptors (Lipinski definition) is 0. The average molecular weight is 332 g/mol. The summed E-state index contributed by atoms with van der Waals surface area (Å²) in [6.45, 7) is 0. The molecular weight excluding hydrogens is 309 g/mol. The van der Waals surface area contributed by atoms with Crippen molar-refractivity contribution < 1.29 is 0 Å². The maximum atomic E-state index is 2.90. The summed E-state index contributed by atoms with van der Waals surface area (Å²) in [5.74, 6) is 0.821. The third-order valence-electron chi connectivity index (χ3n) is 4.41. The van der Waals surface area contributed by atoms with Crippen LogP contribution in [0.1, 0.15) is 22.3 Å². The minimum atomic E-state index is 0.821. The van der Waals surface area contributed by atoms with E-state index in [1.165, 1.54) is 41.3 Å². The molecule has 21 heavy (non-hydrogen) atoms. The van der Waals surface area contributed by atoms with Gasteiger partial charge in [0.25, 0.3) is 0 Å². The zero-order valence-corrected chi connectivity index (χ0v) is 15.8. The minimum absolute atomic E-state index is 0.821. The van der Waals surface area contributed by atoms with Gasteiger partial charge >= 0.3 is 0 Å². The molecule has 4 unspecified atom stereocenters. The predicted molar refractivity (Wildman–Crippen MR) is 104 cm³/mol. The van der Waals surface area contributed by atoms with E-state index in [1.54, 1.807) is 11.1 Å². The lowest BCUT2D eigenvalue weighted by Crippen LogP contribution is -1.99. The van der Waals surface area contributed by atoms with Gasteiger partial charge in [0, 0.05) is 0 Å². The fourth-order valence-corrected chi connectivity index (χ4v) is 4.03. The van der Waals surface area contributed by atoms with Crippen molar-refractivity contribution in [1.82, 2.24) is 0 Å². The van der Waals surface area contributed by atoms with Gasteiger partial charge in [-0.3, -0.25) is 0 Å². The Balaban J connectivity index is 1.98. The van der Waals surface area contributed by atoms with E-state index in [9.17, 15) is 0 Å². The van der Waals surface area contributed by atoms with E-state index >= 15 is 0 Å². The van der Waals surface area contributed by atoms with Gasteiger partial charge in [-0.25, -0.2) is 0 Å². The molecule has 1 aliphatic carbocycles. The highest BCUT2D eigenvalue weighted by Crippen LogP contribution is 2.33. The fraction of sp³-hybridized carbons (Fsp3) is 0.333. The number of hydrogen-bond donors (Lipinski definition) is 0. The Morgan fingerprint density at radius 2 is 1.43 bits per heavy atom. The van der Waals surface area contributed by atoms with E-state index in [0.717, 1.165) is 18.2 Å². The molecule has 0 bridgehead atoms. The van der Waals surface area contributed by atoms with Crippen LogP contribution < -0.4 is 0 Å². The van der Waals surface area contributed by atoms with Gasteiger partial charge in [-0.05, 0) is 70.6 Å². The van der Waals surface area contributed by atoms with Gasteiger partial charge in [0.1, 0.15) is 0 Å². The zero-order chi connectivity index (χ0) is 14.8. The molecule has 110 valence electrons. The molecule has 0 amide bonds. The Morgan fingerprint density at radius 3 is 2.05 bits per heavy atom. The van der Waals surface area contributed by atoms with Crippen LogP contribution in [0.4, 0.5) is 0 Å². The molecule has 2 aromatic rings. The minimum Gasteiger partial charge on any atom is -0.137 e. The molecule has 0 aliphatic heterocycles. The molecule has 2 aromatic carbocycles. The molecule has 0 nitrogen and oxygen atoms in total. The summed E-state index contributed by atoms with van der Waals surface area (Å²) in [6.07, 6.45) is 5.75. The van der Waals surface area contributed by atoms with Crippen LogP contribution >= 0.6 is 27.7 Å². The van der Waals surface area contributed by atoms with Crippen LogP contribution in [0, 0.1) is 5.92 Å². The molecule has 1 aliphatic rings. The van der Waals surface area contributed by atoms with E-state index in [2.05, 4.69) is 64.1 Å². The van der Waals surface area contributed by atoms with Crippen LogP contribution in [-0.4, -0.2) is 6.16 Å². The smallest absolute Gasteiger partial charge is 0.0128 e. The van der Waals surface area contributed by atoms with Gasteiger partial charge in [0.2, 0.25) is 0 Å². The lowest BCUT2D eigenvalue weighted by Gasteiger charge is -2.09. The van der Waals surface area contributed by atoms with Crippen LogP contribution in [0.5, 0.6) is 0 Å². The highest BCUT2D eigenvalue weighted by atomic mass is 31.0. The van der Waals surface area contributed by atoms with Gasteiger partial charge in [-0.1, -0.05) is 36.4 Å². The number of fused-ring (bicyclic) bond motifs is 1. The Hall–Kier alpha value is -0.270.